The molecular formula is C15H22ClN3O. The van der Waals surface area contributed by atoms with Crippen molar-refractivity contribution in [3.8, 4) is 0 Å². The summed E-state index contributed by atoms with van der Waals surface area (Å²) in [6, 6.07) is 1.76. The van der Waals surface area contributed by atoms with Gasteiger partial charge >= 0.3 is 0 Å². The summed E-state index contributed by atoms with van der Waals surface area (Å²) < 4.78 is 0. The summed E-state index contributed by atoms with van der Waals surface area (Å²) in [5, 5.41) is 3.61. The number of halogens is 1. The first-order valence-corrected chi connectivity index (χ1v) is 7.72. The molecule has 1 aliphatic rings. The second-order valence-electron chi connectivity index (χ2n) is 5.29. The summed E-state index contributed by atoms with van der Waals surface area (Å²) in [4.78, 5) is 18.6. The molecule has 0 radical (unpaired) electrons. The SMILES string of the molecule is CCCNc1cc(C(=O)N2CCC(CC)C2)c(Cl)cn1. The van der Waals surface area contributed by atoms with E-state index in [0.29, 0.717) is 22.3 Å². The van der Waals surface area contributed by atoms with Crippen LogP contribution in [-0.2, 0) is 0 Å². The summed E-state index contributed by atoms with van der Waals surface area (Å²) >= 11 is 6.14. The molecule has 2 rings (SSSR count). The number of amides is 1. The van der Waals surface area contributed by atoms with Crippen LogP contribution in [0.3, 0.4) is 0 Å². The van der Waals surface area contributed by atoms with Gasteiger partial charge in [0.1, 0.15) is 5.82 Å². The van der Waals surface area contributed by atoms with Crippen molar-refractivity contribution in [1.82, 2.24) is 9.88 Å². The minimum absolute atomic E-state index is 0.0212. The molecule has 110 valence electrons. The first-order chi connectivity index (χ1) is 9.65. The van der Waals surface area contributed by atoms with Crippen LogP contribution in [0.2, 0.25) is 5.02 Å². The van der Waals surface area contributed by atoms with Crippen LogP contribution in [0.4, 0.5) is 5.82 Å². The average molecular weight is 296 g/mol. The number of carbonyl (C=O) groups is 1. The molecule has 20 heavy (non-hydrogen) atoms. The van der Waals surface area contributed by atoms with Gasteiger partial charge in [-0.15, -0.1) is 0 Å². The standard InChI is InChI=1S/C15H22ClN3O/c1-3-6-17-14-8-12(13(16)9-18-14)15(20)19-7-5-11(4-2)10-19/h8-9,11H,3-7,10H2,1-2H3,(H,17,18). The van der Waals surface area contributed by atoms with Gasteiger partial charge in [0.2, 0.25) is 0 Å². The molecule has 0 aliphatic carbocycles. The van der Waals surface area contributed by atoms with E-state index in [2.05, 4.69) is 24.1 Å². The number of pyridine rings is 1. The number of hydrogen-bond donors (Lipinski definition) is 1. The normalized spacial score (nSPS) is 18.4. The highest BCUT2D eigenvalue weighted by atomic mass is 35.5. The number of nitrogens with one attached hydrogen (secondary N) is 1. The van der Waals surface area contributed by atoms with Crippen LogP contribution in [-0.4, -0.2) is 35.4 Å². The van der Waals surface area contributed by atoms with Gasteiger partial charge in [0, 0.05) is 25.8 Å². The molecule has 0 saturated carbocycles. The molecule has 1 fully saturated rings. The van der Waals surface area contributed by atoms with Crippen LogP contribution in [0.25, 0.3) is 0 Å². The lowest BCUT2D eigenvalue weighted by molar-refractivity contribution is 0.0787. The topological polar surface area (TPSA) is 45.2 Å². The van der Waals surface area contributed by atoms with E-state index in [9.17, 15) is 4.79 Å². The van der Waals surface area contributed by atoms with Gasteiger partial charge in [-0.25, -0.2) is 4.98 Å². The molecule has 0 bridgehead atoms. The van der Waals surface area contributed by atoms with E-state index in [0.717, 1.165) is 38.9 Å². The maximum absolute atomic E-state index is 12.5. The third kappa shape index (κ3) is 3.42. The van der Waals surface area contributed by atoms with Crippen LogP contribution in [0, 0.1) is 5.92 Å². The van der Waals surface area contributed by atoms with Gasteiger partial charge in [-0.3, -0.25) is 4.79 Å². The van der Waals surface area contributed by atoms with Crippen molar-refractivity contribution in [2.24, 2.45) is 5.92 Å². The van der Waals surface area contributed by atoms with Gasteiger partial charge in [-0.2, -0.15) is 0 Å². The van der Waals surface area contributed by atoms with Gasteiger partial charge < -0.3 is 10.2 Å². The van der Waals surface area contributed by atoms with Crippen LogP contribution in [0.5, 0.6) is 0 Å². The molecule has 2 heterocycles. The number of nitrogens with zero attached hydrogens (tertiary/aromatic N) is 2. The number of anilines is 1. The number of carbonyl (C=O) groups excluding carboxylic acids is 1. The van der Waals surface area contributed by atoms with Crippen molar-refractivity contribution >= 4 is 23.3 Å². The van der Waals surface area contributed by atoms with E-state index < -0.39 is 0 Å². The van der Waals surface area contributed by atoms with Crippen molar-refractivity contribution in [3.63, 3.8) is 0 Å². The van der Waals surface area contributed by atoms with E-state index >= 15 is 0 Å². The highest BCUT2D eigenvalue weighted by molar-refractivity contribution is 6.33. The highest BCUT2D eigenvalue weighted by Gasteiger charge is 2.27. The molecule has 1 N–H and O–H groups in total. The van der Waals surface area contributed by atoms with E-state index in [4.69, 9.17) is 11.6 Å². The Morgan fingerprint density at radius 3 is 3.00 bits per heavy atom. The molecular weight excluding hydrogens is 274 g/mol. The predicted molar refractivity (Wildman–Crippen MR) is 82.3 cm³/mol. The quantitative estimate of drug-likeness (QED) is 0.905. The van der Waals surface area contributed by atoms with Gasteiger partial charge in [-0.05, 0) is 24.8 Å². The fourth-order valence-electron chi connectivity index (χ4n) is 2.47. The molecule has 1 unspecified atom stereocenters. The first kappa shape index (κ1) is 15.1. The van der Waals surface area contributed by atoms with Gasteiger partial charge in [-0.1, -0.05) is 31.9 Å². The van der Waals surface area contributed by atoms with Crippen molar-refractivity contribution < 1.29 is 4.79 Å². The Balaban J connectivity index is 2.12. The molecule has 1 aromatic heterocycles. The zero-order valence-electron chi connectivity index (χ0n) is 12.2. The van der Waals surface area contributed by atoms with E-state index in [-0.39, 0.29) is 5.91 Å². The second kappa shape index (κ2) is 6.93. The minimum atomic E-state index is 0.0212. The Morgan fingerprint density at radius 2 is 2.35 bits per heavy atom. The molecule has 1 saturated heterocycles. The highest BCUT2D eigenvalue weighted by Crippen LogP contribution is 2.25. The number of rotatable bonds is 5. The van der Waals surface area contributed by atoms with Crippen molar-refractivity contribution in [2.45, 2.75) is 33.1 Å². The monoisotopic (exact) mass is 295 g/mol. The Labute approximate surface area is 125 Å². The van der Waals surface area contributed by atoms with Gasteiger partial charge in [0.25, 0.3) is 5.91 Å². The number of hydrogen-bond acceptors (Lipinski definition) is 3. The molecule has 0 spiro atoms. The van der Waals surface area contributed by atoms with Gasteiger partial charge in [0.05, 0.1) is 10.6 Å². The van der Waals surface area contributed by atoms with Crippen LogP contribution in [0.15, 0.2) is 12.3 Å². The molecule has 0 aromatic carbocycles. The summed E-state index contributed by atoms with van der Waals surface area (Å²) in [6.45, 7) is 6.76. The molecule has 4 nitrogen and oxygen atoms in total. The lowest BCUT2D eigenvalue weighted by atomic mass is 10.1. The summed E-state index contributed by atoms with van der Waals surface area (Å²) in [5.74, 6) is 1.36. The molecule has 5 heteroatoms. The van der Waals surface area contributed by atoms with Crippen LogP contribution < -0.4 is 5.32 Å². The van der Waals surface area contributed by atoms with Crippen LogP contribution in [0.1, 0.15) is 43.5 Å². The Bertz CT molecular complexity index is 478. The predicted octanol–water partition coefficient (Wildman–Crippen LogP) is 3.43. The first-order valence-electron chi connectivity index (χ1n) is 7.34. The van der Waals surface area contributed by atoms with Gasteiger partial charge in [0.15, 0.2) is 0 Å². The van der Waals surface area contributed by atoms with E-state index in [1.54, 1.807) is 12.3 Å². The Hall–Kier alpha value is -1.29. The molecule has 1 aromatic rings. The Kier molecular flexibility index (Phi) is 5.24. The molecule has 1 aliphatic heterocycles. The maximum Gasteiger partial charge on any atom is 0.255 e. The Morgan fingerprint density at radius 1 is 1.55 bits per heavy atom. The van der Waals surface area contributed by atoms with E-state index in [1.807, 2.05) is 4.90 Å². The smallest absolute Gasteiger partial charge is 0.255 e. The fraction of sp³-hybridized carbons (Fsp3) is 0.600. The van der Waals surface area contributed by atoms with E-state index in [1.165, 1.54) is 0 Å². The number of likely N-dealkylation sites (tertiary alicyclic amines) is 1. The lowest BCUT2D eigenvalue weighted by Crippen LogP contribution is -2.29. The van der Waals surface area contributed by atoms with Crippen molar-refractivity contribution in [1.29, 1.82) is 0 Å². The minimum Gasteiger partial charge on any atom is -0.370 e. The van der Waals surface area contributed by atoms with Crippen molar-refractivity contribution in [3.05, 3.63) is 22.8 Å². The van der Waals surface area contributed by atoms with Crippen molar-refractivity contribution in [2.75, 3.05) is 25.0 Å². The zero-order chi connectivity index (χ0) is 14.5. The third-order valence-corrected chi connectivity index (χ3v) is 4.09. The lowest BCUT2D eigenvalue weighted by Gasteiger charge is -2.17. The molecule has 1 atom stereocenters. The molecule has 1 amide bonds. The number of aromatic nitrogens is 1. The van der Waals surface area contributed by atoms with Crippen LogP contribution >= 0.6 is 11.6 Å². The maximum atomic E-state index is 12.5. The average Bonchev–Trinajstić information content (AvgIpc) is 2.94. The largest absolute Gasteiger partial charge is 0.370 e. The zero-order valence-corrected chi connectivity index (χ0v) is 12.9. The summed E-state index contributed by atoms with van der Waals surface area (Å²) in [5.41, 5.74) is 0.553. The second-order valence-corrected chi connectivity index (χ2v) is 5.70. The summed E-state index contributed by atoms with van der Waals surface area (Å²) in [6.07, 6.45) is 4.78. The fourth-order valence-corrected chi connectivity index (χ4v) is 2.66. The summed E-state index contributed by atoms with van der Waals surface area (Å²) in [7, 11) is 0. The third-order valence-electron chi connectivity index (χ3n) is 3.79.